The number of fused-ring (bicyclic) bond motifs is 1. The van der Waals surface area contributed by atoms with Crippen molar-refractivity contribution in [3.05, 3.63) is 35.6 Å². The Labute approximate surface area is 110 Å². The van der Waals surface area contributed by atoms with Crippen molar-refractivity contribution >= 4 is 11.0 Å². The molecular formula is C15H17F2NO. The Morgan fingerprint density at radius 2 is 2.11 bits per heavy atom. The number of benzene rings is 1. The van der Waals surface area contributed by atoms with Gasteiger partial charge in [-0.15, -0.1) is 0 Å². The van der Waals surface area contributed by atoms with Crippen molar-refractivity contribution in [1.82, 2.24) is 5.32 Å². The maximum absolute atomic E-state index is 13.7. The summed E-state index contributed by atoms with van der Waals surface area (Å²) >= 11 is 0. The molecule has 1 aliphatic rings. The number of rotatable bonds is 5. The molecule has 0 spiro atoms. The Morgan fingerprint density at radius 3 is 2.79 bits per heavy atom. The summed E-state index contributed by atoms with van der Waals surface area (Å²) in [4.78, 5) is 0. The van der Waals surface area contributed by atoms with Crippen molar-refractivity contribution in [2.75, 3.05) is 6.54 Å². The van der Waals surface area contributed by atoms with Crippen LogP contribution >= 0.6 is 0 Å². The van der Waals surface area contributed by atoms with Gasteiger partial charge in [0.15, 0.2) is 0 Å². The van der Waals surface area contributed by atoms with Crippen LogP contribution in [0.2, 0.25) is 0 Å². The van der Waals surface area contributed by atoms with Gasteiger partial charge >= 0.3 is 0 Å². The summed E-state index contributed by atoms with van der Waals surface area (Å²) < 4.78 is 32.5. The lowest BCUT2D eigenvalue weighted by atomic mass is 10.1. The predicted molar refractivity (Wildman–Crippen MR) is 69.9 cm³/mol. The Morgan fingerprint density at radius 1 is 1.32 bits per heavy atom. The first kappa shape index (κ1) is 12.6. The zero-order chi connectivity index (χ0) is 13.4. The van der Waals surface area contributed by atoms with Gasteiger partial charge in [0.1, 0.15) is 23.0 Å². The lowest BCUT2D eigenvalue weighted by Gasteiger charge is -2.14. The van der Waals surface area contributed by atoms with Crippen LogP contribution in [0.1, 0.15) is 38.0 Å². The Hall–Kier alpha value is -1.42. The van der Waals surface area contributed by atoms with Gasteiger partial charge in [-0.05, 0) is 37.8 Å². The molecule has 3 rings (SSSR count). The van der Waals surface area contributed by atoms with Gasteiger partial charge in [-0.3, -0.25) is 0 Å². The second kappa shape index (κ2) is 4.93. The zero-order valence-electron chi connectivity index (χ0n) is 10.9. The summed E-state index contributed by atoms with van der Waals surface area (Å²) in [6.07, 6.45) is 3.36. The number of nitrogens with one attached hydrogen (secondary N) is 1. The lowest BCUT2D eigenvalue weighted by molar-refractivity contribution is 0.396. The van der Waals surface area contributed by atoms with E-state index in [4.69, 9.17) is 4.42 Å². The third-order valence-electron chi connectivity index (χ3n) is 3.58. The third kappa shape index (κ3) is 2.50. The summed E-state index contributed by atoms with van der Waals surface area (Å²) in [6, 6.07) is 3.96. The summed E-state index contributed by atoms with van der Waals surface area (Å²) in [5.41, 5.74) is 0.288. The van der Waals surface area contributed by atoms with E-state index in [2.05, 4.69) is 12.2 Å². The van der Waals surface area contributed by atoms with Crippen molar-refractivity contribution in [2.24, 2.45) is 5.92 Å². The Balaban J connectivity index is 1.96. The minimum atomic E-state index is -0.601. The topological polar surface area (TPSA) is 25.2 Å². The summed E-state index contributed by atoms with van der Waals surface area (Å²) in [5, 5.41) is 3.79. The molecule has 0 amide bonds. The second-order valence-electron chi connectivity index (χ2n) is 5.22. The van der Waals surface area contributed by atoms with Gasteiger partial charge < -0.3 is 9.73 Å². The largest absolute Gasteiger partial charge is 0.459 e. The lowest BCUT2D eigenvalue weighted by Crippen LogP contribution is -2.23. The van der Waals surface area contributed by atoms with Gasteiger partial charge in [-0.2, -0.15) is 0 Å². The second-order valence-corrected chi connectivity index (χ2v) is 5.22. The first-order valence-corrected chi connectivity index (χ1v) is 6.81. The molecule has 0 bridgehead atoms. The van der Waals surface area contributed by atoms with E-state index in [0.29, 0.717) is 11.3 Å². The molecule has 19 heavy (non-hydrogen) atoms. The molecule has 0 aliphatic heterocycles. The van der Waals surface area contributed by atoms with Crippen LogP contribution in [0.15, 0.2) is 22.6 Å². The van der Waals surface area contributed by atoms with E-state index in [0.717, 1.165) is 37.6 Å². The highest BCUT2D eigenvalue weighted by atomic mass is 19.1. The SMILES string of the molecule is CCCNC(c1cc2c(F)cc(F)cc2o1)C1CC1. The molecule has 0 radical (unpaired) electrons. The maximum Gasteiger partial charge on any atom is 0.140 e. The van der Waals surface area contributed by atoms with Crippen molar-refractivity contribution in [3.8, 4) is 0 Å². The Bertz CT molecular complexity index is 589. The molecule has 2 aromatic rings. The zero-order valence-corrected chi connectivity index (χ0v) is 10.9. The van der Waals surface area contributed by atoms with Crippen molar-refractivity contribution in [2.45, 2.75) is 32.2 Å². The van der Waals surface area contributed by atoms with Gasteiger partial charge in [0.25, 0.3) is 0 Å². The standard InChI is InChI=1S/C15H17F2NO/c1-2-5-18-15(9-3-4-9)14-8-11-12(17)6-10(16)7-13(11)19-14/h6-9,15,18H,2-5H2,1H3. The fraction of sp³-hybridized carbons (Fsp3) is 0.467. The molecule has 1 heterocycles. The van der Waals surface area contributed by atoms with Crippen molar-refractivity contribution < 1.29 is 13.2 Å². The van der Waals surface area contributed by atoms with Gasteiger partial charge in [0.2, 0.25) is 0 Å². The van der Waals surface area contributed by atoms with Crippen LogP contribution < -0.4 is 5.32 Å². The molecule has 4 heteroatoms. The summed E-state index contributed by atoms with van der Waals surface area (Å²) in [5.74, 6) is 0.112. The van der Waals surface area contributed by atoms with E-state index in [1.807, 2.05) is 0 Å². The summed E-state index contributed by atoms with van der Waals surface area (Å²) in [7, 11) is 0. The predicted octanol–water partition coefficient (Wildman–Crippen LogP) is 4.16. The average molecular weight is 265 g/mol. The quantitative estimate of drug-likeness (QED) is 0.878. The fourth-order valence-electron chi connectivity index (χ4n) is 2.47. The van der Waals surface area contributed by atoms with Gasteiger partial charge in [-0.25, -0.2) is 8.78 Å². The first-order valence-electron chi connectivity index (χ1n) is 6.81. The molecular weight excluding hydrogens is 248 g/mol. The number of furan rings is 1. The molecule has 1 aromatic carbocycles. The van der Waals surface area contributed by atoms with Crippen LogP contribution in [0.4, 0.5) is 8.78 Å². The van der Waals surface area contributed by atoms with E-state index < -0.39 is 11.6 Å². The third-order valence-corrected chi connectivity index (χ3v) is 3.58. The van der Waals surface area contributed by atoms with E-state index >= 15 is 0 Å². The minimum absolute atomic E-state index is 0.120. The van der Waals surface area contributed by atoms with Gasteiger partial charge in [0.05, 0.1) is 11.4 Å². The smallest absolute Gasteiger partial charge is 0.140 e. The van der Waals surface area contributed by atoms with Crippen LogP contribution in [-0.2, 0) is 0 Å². The highest BCUT2D eigenvalue weighted by Crippen LogP contribution is 2.42. The van der Waals surface area contributed by atoms with Crippen molar-refractivity contribution in [3.63, 3.8) is 0 Å². The molecule has 1 N–H and O–H groups in total. The number of hydrogen-bond donors (Lipinski definition) is 1. The van der Waals surface area contributed by atoms with E-state index in [1.54, 1.807) is 6.07 Å². The van der Waals surface area contributed by atoms with Crippen molar-refractivity contribution in [1.29, 1.82) is 0 Å². The van der Waals surface area contributed by atoms with Crippen LogP contribution in [0.3, 0.4) is 0 Å². The highest BCUT2D eigenvalue weighted by Gasteiger charge is 2.34. The average Bonchev–Trinajstić information content (AvgIpc) is 3.10. The molecule has 1 unspecified atom stereocenters. The van der Waals surface area contributed by atoms with Crippen LogP contribution in [0.5, 0.6) is 0 Å². The molecule has 0 saturated heterocycles. The van der Waals surface area contributed by atoms with E-state index in [1.165, 1.54) is 6.07 Å². The summed E-state index contributed by atoms with van der Waals surface area (Å²) in [6.45, 7) is 3.00. The van der Waals surface area contributed by atoms with Gasteiger partial charge in [-0.1, -0.05) is 6.92 Å². The monoisotopic (exact) mass is 265 g/mol. The molecule has 102 valence electrons. The number of halogens is 2. The van der Waals surface area contributed by atoms with Crippen LogP contribution in [0, 0.1) is 17.6 Å². The number of hydrogen-bond acceptors (Lipinski definition) is 2. The normalized spacial score (nSPS) is 17.0. The molecule has 1 atom stereocenters. The molecule has 1 aliphatic carbocycles. The minimum Gasteiger partial charge on any atom is -0.459 e. The highest BCUT2D eigenvalue weighted by molar-refractivity contribution is 5.78. The fourth-order valence-corrected chi connectivity index (χ4v) is 2.47. The van der Waals surface area contributed by atoms with Gasteiger partial charge in [0, 0.05) is 12.1 Å². The molecule has 1 aromatic heterocycles. The van der Waals surface area contributed by atoms with E-state index in [9.17, 15) is 8.78 Å². The molecule has 1 saturated carbocycles. The first-order chi connectivity index (χ1) is 9.19. The molecule has 1 fully saturated rings. The molecule has 2 nitrogen and oxygen atoms in total. The van der Waals surface area contributed by atoms with Crippen LogP contribution in [0.25, 0.3) is 11.0 Å². The Kier molecular flexibility index (Phi) is 3.27. The van der Waals surface area contributed by atoms with E-state index in [-0.39, 0.29) is 11.6 Å². The maximum atomic E-state index is 13.7. The van der Waals surface area contributed by atoms with Crippen LogP contribution in [-0.4, -0.2) is 6.54 Å².